The molecule has 2 rings (SSSR count). The third-order valence-electron chi connectivity index (χ3n) is 4.55. The highest BCUT2D eigenvalue weighted by Gasteiger charge is 2.50. The third-order valence-corrected chi connectivity index (χ3v) is 7.06. The average Bonchev–Trinajstić information content (AvgIpc) is 2.60. The predicted molar refractivity (Wildman–Crippen MR) is 99.0 cm³/mol. The monoisotopic (exact) mass is 327 g/mol. The lowest BCUT2D eigenvalue weighted by Gasteiger charge is -2.40. The minimum Gasteiger partial charge on any atom is -0.263 e. The van der Waals surface area contributed by atoms with Crippen LogP contribution in [0.4, 0.5) is 0 Å². The summed E-state index contributed by atoms with van der Waals surface area (Å²) in [7, 11) is 4.26. The topological polar surface area (TPSA) is 9.72 Å². The average molecular weight is 327 g/mol. The number of fused-ring (bicyclic) bond motifs is 1. The lowest BCUT2D eigenvalue weighted by molar-refractivity contribution is 0.159. The van der Waals surface area contributed by atoms with Gasteiger partial charge in [-0.15, -0.1) is 0 Å². The van der Waals surface area contributed by atoms with E-state index in [0.717, 1.165) is 12.1 Å². The Morgan fingerprint density at radius 3 is 1.45 bits per heavy atom. The Bertz CT molecular complexity index is 338. The van der Waals surface area contributed by atoms with Gasteiger partial charge in [0.15, 0.2) is 0 Å². The van der Waals surface area contributed by atoms with Gasteiger partial charge in [0.1, 0.15) is 8.37 Å². The van der Waals surface area contributed by atoms with Crippen LogP contribution in [0.5, 0.6) is 0 Å². The van der Waals surface area contributed by atoms with Crippen molar-refractivity contribution in [2.75, 3.05) is 27.2 Å². The molecule has 0 radical (unpaired) electrons. The van der Waals surface area contributed by atoms with Crippen LogP contribution in [0.1, 0.15) is 67.2 Å². The zero-order chi connectivity index (χ0) is 16.7. The Kier molecular flexibility index (Phi) is 5.65. The lowest BCUT2D eigenvalue weighted by Crippen LogP contribution is -2.43. The molecular formula is C18H38N3P. The summed E-state index contributed by atoms with van der Waals surface area (Å²) in [4.78, 5) is 0. The van der Waals surface area contributed by atoms with Gasteiger partial charge in [0.2, 0.25) is 0 Å². The van der Waals surface area contributed by atoms with Crippen LogP contribution < -0.4 is 0 Å². The molecule has 0 unspecified atom stereocenters. The van der Waals surface area contributed by atoms with Crippen molar-refractivity contribution in [3.63, 3.8) is 0 Å². The molecule has 2 aliphatic rings. The van der Waals surface area contributed by atoms with E-state index in [4.69, 9.17) is 0 Å². The molecule has 2 atom stereocenters. The summed E-state index contributed by atoms with van der Waals surface area (Å²) in [5, 5.41) is 0. The summed E-state index contributed by atoms with van der Waals surface area (Å²) >= 11 is 0. The maximum absolute atomic E-state index is 2.88. The normalized spacial score (nSPS) is 29.3. The molecule has 0 spiro atoms. The van der Waals surface area contributed by atoms with E-state index >= 15 is 0 Å². The van der Waals surface area contributed by atoms with Gasteiger partial charge in [-0.25, -0.2) is 0 Å². The van der Waals surface area contributed by atoms with E-state index in [1.165, 1.54) is 38.8 Å². The molecule has 22 heavy (non-hydrogen) atoms. The molecule has 1 heterocycles. The van der Waals surface area contributed by atoms with Crippen LogP contribution in [0.2, 0.25) is 0 Å². The maximum Gasteiger partial charge on any atom is 0.120 e. The van der Waals surface area contributed by atoms with Crippen molar-refractivity contribution in [1.29, 1.82) is 0 Å². The first-order valence-corrected chi connectivity index (χ1v) is 10.2. The van der Waals surface area contributed by atoms with Gasteiger partial charge in [-0.1, -0.05) is 54.4 Å². The molecule has 1 saturated heterocycles. The molecule has 2 fully saturated rings. The van der Waals surface area contributed by atoms with Crippen molar-refractivity contribution < 1.29 is 0 Å². The second kappa shape index (κ2) is 6.67. The van der Waals surface area contributed by atoms with Gasteiger partial charge >= 0.3 is 0 Å². The van der Waals surface area contributed by atoms with Gasteiger partial charge in [0, 0.05) is 25.2 Å². The minimum absolute atomic E-state index is 0.310. The van der Waals surface area contributed by atoms with Gasteiger partial charge in [-0.2, -0.15) is 0 Å². The van der Waals surface area contributed by atoms with E-state index < -0.39 is 0 Å². The van der Waals surface area contributed by atoms with Gasteiger partial charge in [-0.05, 0) is 37.8 Å². The Morgan fingerprint density at radius 1 is 0.818 bits per heavy atom. The van der Waals surface area contributed by atoms with Crippen molar-refractivity contribution in [3.8, 4) is 0 Å². The third kappa shape index (κ3) is 4.44. The molecule has 3 nitrogen and oxygen atoms in total. The predicted octanol–water partition coefficient (Wildman–Crippen LogP) is 4.80. The fourth-order valence-corrected chi connectivity index (χ4v) is 7.38. The number of rotatable bonds is 3. The van der Waals surface area contributed by atoms with E-state index in [2.05, 4.69) is 69.6 Å². The molecule has 4 heteroatoms. The second-order valence-electron chi connectivity index (χ2n) is 9.85. The van der Waals surface area contributed by atoms with E-state index in [-0.39, 0.29) is 8.37 Å². The first-order valence-electron chi connectivity index (χ1n) is 9.00. The minimum atomic E-state index is -0.310. The molecule has 0 aromatic heterocycles. The molecular weight excluding hydrogens is 289 g/mol. The van der Waals surface area contributed by atoms with Crippen LogP contribution in [0, 0.1) is 10.8 Å². The van der Waals surface area contributed by atoms with Gasteiger partial charge in [-0.3, -0.25) is 14.0 Å². The summed E-state index contributed by atoms with van der Waals surface area (Å²) in [5.41, 5.74) is 0.743. The van der Waals surface area contributed by atoms with Crippen LogP contribution in [0.15, 0.2) is 0 Å². The van der Waals surface area contributed by atoms with Crippen LogP contribution in [0.3, 0.4) is 0 Å². The van der Waals surface area contributed by atoms with E-state index in [1.807, 2.05) is 0 Å². The summed E-state index contributed by atoms with van der Waals surface area (Å²) in [6.07, 6.45) is 5.63. The second-order valence-corrected chi connectivity index (χ2v) is 12.2. The Hall–Kier alpha value is 0.310. The highest BCUT2D eigenvalue weighted by molar-refractivity contribution is 7.50. The zero-order valence-corrected chi connectivity index (χ0v) is 17.1. The molecule has 1 saturated carbocycles. The Labute approximate surface area is 140 Å². The lowest BCUT2D eigenvalue weighted by atomic mass is 9.87. The maximum atomic E-state index is 2.88. The molecule has 0 bridgehead atoms. The van der Waals surface area contributed by atoms with E-state index in [9.17, 15) is 0 Å². The summed E-state index contributed by atoms with van der Waals surface area (Å²) < 4.78 is 8.26. The van der Waals surface area contributed by atoms with Crippen molar-refractivity contribution in [2.24, 2.45) is 10.8 Å². The molecule has 0 aromatic carbocycles. The highest BCUT2D eigenvalue weighted by Crippen LogP contribution is 2.59. The number of hydrogen-bond acceptors (Lipinski definition) is 3. The fraction of sp³-hybridized carbons (Fsp3) is 1.00. The number of nitrogens with zero attached hydrogens (tertiary/aromatic N) is 3. The molecule has 0 N–H and O–H groups in total. The summed E-state index contributed by atoms with van der Waals surface area (Å²) in [6.45, 7) is 16.8. The van der Waals surface area contributed by atoms with Crippen molar-refractivity contribution >= 4 is 8.37 Å². The fourth-order valence-electron chi connectivity index (χ4n) is 3.99. The van der Waals surface area contributed by atoms with E-state index in [0.29, 0.717) is 10.8 Å². The smallest absolute Gasteiger partial charge is 0.120 e. The van der Waals surface area contributed by atoms with Gasteiger partial charge in [0.05, 0.1) is 0 Å². The van der Waals surface area contributed by atoms with Gasteiger partial charge < -0.3 is 0 Å². The van der Waals surface area contributed by atoms with Gasteiger partial charge in [0.25, 0.3) is 0 Å². The largest absolute Gasteiger partial charge is 0.263 e. The standard InChI is InChI=1S/C18H38N3P/c1-17(2,3)13-20-15-11-9-10-12-16(15)21(14-18(4,5)6)22(20)19(7)8/h15-16H,9-14H2,1-8H3/t15-,16-/m1/s1. The quantitative estimate of drug-likeness (QED) is 0.690. The first kappa shape index (κ1) is 18.6. The summed E-state index contributed by atoms with van der Waals surface area (Å²) in [6, 6.07) is 1.56. The van der Waals surface area contributed by atoms with Crippen LogP contribution in [0.25, 0.3) is 0 Å². The molecule has 1 aliphatic heterocycles. The first-order chi connectivity index (χ1) is 9.99. The Morgan fingerprint density at radius 2 is 1.18 bits per heavy atom. The SMILES string of the molecule is CN(C)P1N(CC(C)(C)C)[C@@H]2CCCC[C@H]2N1CC(C)(C)C. The summed E-state index contributed by atoms with van der Waals surface area (Å²) in [5.74, 6) is 0. The van der Waals surface area contributed by atoms with Crippen LogP contribution >= 0.6 is 8.37 Å². The van der Waals surface area contributed by atoms with Crippen molar-refractivity contribution in [3.05, 3.63) is 0 Å². The van der Waals surface area contributed by atoms with Crippen molar-refractivity contribution in [2.45, 2.75) is 79.3 Å². The van der Waals surface area contributed by atoms with Crippen LogP contribution in [-0.4, -0.2) is 53.3 Å². The van der Waals surface area contributed by atoms with Crippen LogP contribution in [-0.2, 0) is 0 Å². The van der Waals surface area contributed by atoms with Crippen molar-refractivity contribution in [1.82, 2.24) is 14.0 Å². The molecule has 130 valence electrons. The molecule has 1 aliphatic carbocycles. The molecule has 0 amide bonds. The van der Waals surface area contributed by atoms with E-state index in [1.54, 1.807) is 0 Å². The highest BCUT2D eigenvalue weighted by atomic mass is 31.2. The zero-order valence-electron chi connectivity index (χ0n) is 16.2. The number of hydrogen-bond donors (Lipinski definition) is 0. The molecule has 0 aromatic rings. The Balaban J connectivity index is 2.30.